The van der Waals surface area contributed by atoms with Crippen molar-refractivity contribution in [2.45, 2.75) is 50.1 Å². The molecule has 0 bridgehead atoms. The highest BCUT2D eigenvalue weighted by molar-refractivity contribution is 7.80. The molecule has 2 saturated heterocycles. The lowest BCUT2D eigenvalue weighted by atomic mass is 10.0. The normalized spacial score (nSPS) is 20.4. The second-order valence-electron chi connectivity index (χ2n) is 9.88. The zero-order chi connectivity index (χ0) is 29.4. The minimum atomic E-state index is -1.96. The highest BCUT2D eigenvalue weighted by Gasteiger charge is 2.40. The van der Waals surface area contributed by atoms with Crippen molar-refractivity contribution < 1.29 is 34.4 Å². The van der Waals surface area contributed by atoms with Gasteiger partial charge in [-0.15, -0.1) is 0 Å². The van der Waals surface area contributed by atoms with Gasteiger partial charge in [0.1, 0.15) is 0 Å². The van der Waals surface area contributed by atoms with E-state index in [1.54, 1.807) is 28.0 Å². The van der Waals surface area contributed by atoms with E-state index in [-0.39, 0.29) is 43.1 Å². The molecule has 1 aromatic rings. The first-order valence-corrected chi connectivity index (χ1v) is 14.1. The molecule has 2 aliphatic rings. The molecule has 0 spiro atoms. The van der Waals surface area contributed by atoms with E-state index in [2.05, 4.69) is 15.5 Å². The summed E-state index contributed by atoms with van der Waals surface area (Å²) in [5, 5.41) is 34.2. The Morgan fingerprint density at radius 1 is 1.10 bits per heavy atom. The largest absolute Gasteiger partial charge is 0.481 e. The first-order valence-electron chi connectivity index (χ1n) is 12.9. The summed E-state index contributed by atoms with van der Waals surface area (Å²) in [6, 6.07) is 2.99. The van der Waals surface area contributed by atoms with Gasteiger partial charge < -0.3 is 40.5 Å². The van der Waals surface area contributed by atoms with Crippen LogP contribution in [0.15, 0.2) is 18.2 Å². The second-order valence-corrected chi connectivity index (χ2v) is 11.1. The molecule has 12 nitrogen and oxygen atoms in total. The van der Waals surface area contributed by atoms with E-state index < -0.39 is 36.9 Å². The fraction of sp³-hybridized carbons (Fsp3) is 0.600. The minimum absolute atomic E-state index is 0.0305. The zero-order valence-corrected chi connectivity index (χ0v) is 24.4. The third-order valence-corrected chi connectivity index (χ3v) is 8.00. The summed E-state index contributed by atoms with van der Waals surface area (Å²) in [4.78, 5) is 43.0. The highest BCUT2D eigenvalue weighted by Crippen LogP contribution is 2.25. The van der Waals surface area contributed by atoms with E-state index in [1.807, 2.05) is 0 Å². The number of methoxy groups -OCH3 is 1. The van der Waals surface area contributed by atoms with Crippen LogP contribution < -0.4 is 10.6 Å². The Labute approximate surface area is 248 Å². The van der Waals surface area contributed by atoms with Crippen molar-refractivity contribution >= 4 is 58.5 Å². The number of nitrogens with zero attached hydrogens (tertiary/aromatic N) is 3. The number of thiocarbonyl (C=S) groups is 1. The van der Waals surface area contributed by atoms with Crippen molar-refractivity contribution in [2.24, 2.45) is 0 Å². The van der Waals surface area contributed by atoms with Gasteiger partial charge in [0.05, 0.1) is 48.1 Å². The van der Waals surface area contributed by atoms with Crippen LogP contribution in [0.4, 0.5) is 4.79 Å². The molecule has 5 N–H and O–H groups in total. The molecule has 15 heteroatoms. The maximum Gasteiger partial charge on any atom is 0.409 e. The van der Waals surface area contributed by atoms with Crippen LogP contribution in [-0.4, -0.2) is 124 Å². The summed E-state index contributed by atoms with van der Waals surface area (Å²) in [6.45, 7) is 2.96. The minimum Gasteiger partial charge on any atom is -0.481 e. The molecule has 0 saturated carbocycles. The van der Waals surface area contributed by atoms with Gasteiger partial charge in [0.2, 0.25) is 5.91 Å². The number of benzene rings is 1. The number of carboxylic acids is 1. The summed E-state index contributed by atoms with van der Waals surface area (Å²) in [6.07, 6.45) is -0.843. The molecule has 2 heterocycles. The Bertz CT molecular complexity index is 1080. The number of likely N-dealkylation sites (tertiary alicyclic amines) is 1. The van der Waals surface area contributed by atoms with Gasteiger partial charge in [0.15, 0.2) is 11.4 Å². The maximum atomic E-state index is 13.6. The van der Waals surface area contributed by atoms with E-state index in [4.69, 9.17) is 45.3 Å². The lowest BCUT2D eigenvalue weighted by Gasteiger charge is -2.46. The molecule has 40 heavy (non-hydrogen) atoms. The predicted octanol–water partition coefficient (Wildman–Crippen LogP) is 0.898. The molecule has 1 aromatic carbocycles. The van der Waals surface area contributed by atoms with Crippen LogP contribution in [0.1, 0.15) is 24.8 Å². The van der Waals surface area contributed by atoms with Gasteiger partial charge in [0, 0.05) is 26.2 Å². The number of amides is 2. The number of ether oxygens (including phenoxy) is 1. The van der Waals surface area contributed by atoms with E-state index in [0.29, 0.717) is 22.2 Å². The van der Waals surface area contributed by atoms with Crippen molar-refractivity contribution in [3.63, 3.8) is 0 Å². The van der Waals surface area contributed by atoms with Crippen LogP contribution in [0.5, 0.6) is 0 Å². The molecule has 0 aliphatic carbocycles. The van der Waals surface area contributed by atoms with Crippen LogP contribution in [0.2, 0.25) is 10.0 Å². The zero-order valence-electron chi connectivity index (χ0n) is 22.1. The summed E-state index contributed by atoms with van der Waals surface area (Å²) < 4.78 is 5.04. The topological polar surface area (TPSA) is 155 Å². The number of rotatable bonds is 10. The van der Waals surface area contributed by atoms with Crippen molar-refractivity contribution in [1.29, 1.82) is 0 Å². The smallest absolute Gasteiger partial charge is 0.409 e. The average Bonchev–Trinajstić information content (AvgIpc) is 3.41. The van der Waals surface area contributed by atoms with E-state index in [1.165, 1.54) is 7.11 Å². The summed E-state index contributed by atoms with van der Waals surface area (Å²) in [5.41, 5.74) is 0.710. The van der Waals surface area contributed by atoms with Gasteiger partial charge in [0.25, 0.3) is 0 Å². The average molecular weight is 621 g/mol. The Kier molecular flexibility index (Phi) is 12.0. The number of piperazine rings is 1. The first-order chi connectivity index (χ1) is 19.0. The molecule has 0 unspecified atom stereocenters. The van der Waals surface area contributed by atoms with Crippen LogP contribution >= 0.6 is 35.4 Å². The van der Waals surface area contributed by atoms with Gasteiger partial charge in [-0.2, -0.15) is 0 Å². The number of carbonyl (C=O) groups is 3. The lowest BCUT2D eigenvalue weighted by Crippen LogP contribution is -2.66. The number of nitrogens with one attached hydrogen (secondary N) is 2. The van der Waals surface area contributed by atoms with Gasteiger partial charge in [-0.1, -0.05) is 29.3 Å². The third-order valence-electron chi connectivity index (χ3n) is 7.00. The van der Waals surface area contributed by atoms with Crippen LogP contribution in [0, 0.1) is 0 Å². The third kappa shape index (κ3) is 9.05. The standard InChI is InChI=1S/C25H35Cl2N5O7S/c1-39-25(38)32-14-17(12-30-6-2-3-7-30)31(21(33)9-15-4-5-18(26)19(27)8-15)13-16(32)11-28-24(40)29-20(23(36)37)10-22(34)35/h4-5,8,16-17,20,23,36-37H,2-3,6-7,9-14H2,1H3,(H,34,35)(H2,28,29,40)/t16-,17-,20+/m1/s1. The molecule has 3 rings (SSSR count). The Morgan fingerprint density at radius 3 is 2.38 bits per heavy atom. The van der Waals surface area contributed by atoms with Gasteiger partial charge in [-0.05, 0) is 55.8 Å². The SMILES string of the molecule is COC(=O)N1C[C@@H](CN2CCCC2)N(C(=O)Cc2ccc(Cl)c(Cl)c2)C[C@H]1CNC(=S)N[C@@H](CC(=O)O)C(O)O. The molecular weight excluding hydrogens is 585 g/mol. The molecule has 0 radical (unpaired) electrons. The van der Waals surface area contributed by atoms with Gasteiger partial charge in [-0.3, -0.25) is 14.5 Å². The van der Waals surface area contributed by atoms with Gasteiger partial charge >= 0.3 is 12.1 Å². The molecule has 3 atom stereocenters. The van der Waals surface area contributed by atoms with Crippen LogP contribution in [0.25, 0.3) is 0 Å². The molecule has 222 valence electrons. The summed E-state index contributed by atoms with van der Waals surface area (Å²) >= 11 is 17.4. The van der Waals surface area contributed by atoms with Crippen molar-refractivity contribution in [3.05, 3.63) is 33.8 Å². The number of hydrogen-bond donors (Lipinski definition) is 5. The highest BCUT2D eigenvalue weighted by atomic mass is 35.5. The van der Waals surface area contributed by atoms with Crippen molar-refractivity contribution in [1.82, 2.24) is 25.3 Å². The lowest BCUT2D eigenvalue weighted by molar-refractivity contribution is -0.141. The summed E-state index contributed by atoms with van der Waals surface area (Å²) in [7, 11) is 1.29. The fourth-order valence-corrected chi connectivity index (χ4v) is 5.52. The van der Waals surface area contributed by atoms with Gasteiger partial charge in [-0.25, -0.2) is 4.79 Å². The second kappa shape index (κ2) is 15.0. The van der Waals surface area contributed by atoms with Crippen molar-refractivity contribution in [3.8, 4) is 0 Å². The Hall–Kier alpha value is -2.42. The molecule has 2 amide bonds. The van der Waals surface area contributed by atoms with E-state index in [9.17, 15) is 24.6 Å². The number of carboxylic acid groups (broad SMARTS) is 1. The summed E-state index contributed by atoms with van der Waals surface area (Å²) in [5.74, 6) is -1.37. The monoisotopic (exact) mass is 619 g/mol. The molecule has 2 fully saturated rings. The fourth-order valence-electron chi connectivity index (χ4n) is 4.96. The first kappa shape index (κ1) is 32.1. The van der Waals surface area contributed by atoms with E-state index in [0.717, 1.165) is 25.9 Å². The van der Waals surface area contributed by atoms with Crippen LogP contribution in [-0.2, 0) is 20.7 Å². The quantitative estimate of drug-likeness (QED) is 0.187. The Morgan fingerprint density at radius 2 is 1.77 bits per heavy atom. The maximum absolute atomic E-state index is 13.6. The van der Waals surface area contributed by atoms with Crippen LogP contribution in [0.3, 0.4) is 0 Å². The number of aliphatic hydroxyl groups excluding tert-OH is 1. The molecular formula is C25H35Cl2N5O7S. The number of halogens is 2. The number of aliphatic hydroxyl groups is 2. The number of carbonyl (C=O) groups excluding carboxylic acids is 2. The van der Waals surface area contributed by atoms with E-state index >= 15 is 0 Å². The number of aliphatic carboxylic acids is 1. The molecule has 2 aliphatic heterocycles. The van der Waals surface area contributed by atoms with Crippen molar-refractivity contribution in [2.75, 3.05) is 46.4 Å². The predicted molar refractivity (Wildman–Crippen MR) is 152 cm³/mol. The molecule has 0 aromatic heterocycles. The number of hydrogen-bond acceptors (Lipinski definition) is 8. The Balaban J connectivity index is 1.77.